The number of hydrogen-bond acceptors (Lipinski definition) is 5. The van der Waals surface area contributed by atoms with Crippen molar-refractivity contribution in [2.75, 3.05) is 36.4 Å². The van der Waals surface area contributed by atoms with Crippen LogP contribution in [0.4, 0.5) is 11.6 Å². The van der Waals surface area contributed by atoms with E-state index in [9.17, 15) is 9.59 Å². The number of piperazine rings is 1. The number of fused-ring (bicyclic) bond motifs is 1. The van der Waals surface area contributed by atoms with Crippen LogP contribution in [-0.2, 0) is 20.6 Å². The van der Waals surface area contributed by atoms with Crippen molar-refractivity contribution in [2.45, 2.75) is 20.4 Å². The molecule has 4 aromatic rings. The molecular formula is C27H30ClN7O2S. The highest BCUT2D eigenvalue weighted by atomic mass is 35.5. The Morgan fingerprint density at radius 3 is 2.32 bits per heavy atom. The van der Waals surface area contributed by atoms with Gasteiger partial charge in [0.1, 0.15) is 0 Å². The zero-order valence-electron chi connectivity index (χ0n) is 21.9. The lowest BCUT2D eigenvalue weighted by Gasteiger charge is -2.37. The summed E-state index contributed by atoms with van der Waals surface area (Å²) in [6.45, 7) is 7.15. The number of anilines is 2. The lowest BCUT2D eigenvalue weighted by molar-refractivity contribution is 0.386. The van der Waals surface area contributed by atoms with E-state index in [0.717, 1.165) is 15.8 Å². The van der Waals surface area contributed by atoms with Gasteiger partial charge in [-0.25, -0.2) is 4.79 Å². The number of imidazole rings is 1. The molecule has 1 aliphatic rings. The molecule has 1 N–H and O–H groups in total. The Kier molecular flexibility index (Phi) is 7.02. The molecule has 1 fully saturated rings. The zero-order chi connectivity index (χ0) is 27.1. The summed E-state index contributed by atoms with van der Waals surface area (Å²) in [5.41, 5.74) is 4.14. The third kappa shape index (κ3) is 4.81. The second-order valence-corrected chi connectivity index (χ2v) is 10.5. The molecule has 9 nitrogen and oxygen atoms in total. The fourth-order valence-electron chi connectivity index (χ4n) is 4.98. The van der Waals surface area contributed by atoms with Crippen molar-refractivity contribution in [2.24, 2.45) is 14.1 Å². The van der Waals surface area contributed by atoms with Crippen molar-refractivity contribution < 1.29 is 0 Å². The van der Waals surface area contributed by atoms with E-state index in [2.05, 4.69) is 47.2 Å². The van der Waals surface area contributed by atoms with Crippen LogP contribution >= 0.6 is 23.8 Å². The van der Waals surface area contributed by atoms with Crippen LogP contribution in [0.1, 0.15) is 16.7 Å². The fourth-order valence-corrected chi connectivity index (χ4v) is 5.48. The molecule has 38 heavy (non-hydrogen) atoms. The number of nitrogens with one attached hydrogen (secondary N) is 1. The molecule has 0 unspecified atom stereocenters. The third-order valence-electron chi connectivity index (χ3n) is 6.94. The van der Waals surface area contributed by atoms with Gasteiger partial charge in [-0.15, -0.1) is 0 Å². The Morgan fingerprint density at radius 1 is 1.00 bits per heavy atom. The van der Waals surface area contributed by atoms with Gasteiger partial charge in [0.05, 0.1) is 6.54 Å². The Hall–Kier alpha value is -3.63. The van der Waals surface area contributed by atoms with Crippen LogP contribution in [0.5, 0.6) is 0 Å². The van der Waals surface area contributed by atoms with Gasteiger partial charge in [0.15, 0.2) is 16.3 Å². The van der Waals surface area contributed by atoms with E-state index >= 15 is 0 Å². The highest BCUT2D eigenvalue weighted by molar-refractivity contribution is 7.80. The standard InChI is InChI=1S/C27H30ClN7O2S/c1-17-13-18(2)15-20(14-17)29-26(38)34-11-9-33(10-12-34)25-30-23-22(24(36)32(4)27(37)31(23)3)35(25)16-19-7-5-6-8-21(19)28/h5-8,13-15H,9-12,16H2,1-4H3,(H,29,38). The number of aryl methyl sites for hydroxylation is 3. The first kappa shape index (κ1) is 26.0. The Labute approximate surface area is 230 Å². The maximum absolute atomic E-state index is 13.3. The first-order valence-corrected chi connectivity index (χ1v) is 13.2. The van der Waals surface area contributed by atoms with Gasteiger partial charge in [-0.2, -0.15) is 4.98 Å². The van der Waals surface area contributed by atoms with Gasteiger partial charge < -0.3 is 15.1 Å². The largest absolute Gasteiger partial charge is 0.345 e. The lowest BCUT2D eigenvalue weighted by atomic mass is 10.1. The topological polar surface area (TPSA) is 80.3 Å². The number of benzene rings is 2. The van der Waals surface area contributed by atoms with Gasteiger partial charge >= 0.3 is 5.69 Å². The van der Waals surface area contributed by atoms with Crippen LogP contribution in [0.15, 0.2) is 52.1 Å². The molecule has 2 aromatic carbocycles. The summed E-state index contributed by atoms with van der Waals surface area (Å²) in [5.74, 6) is 0.631. The normalized spacial score (nSPS) is 13.8. The number of hydrogen-bond donors (Lipinski definition) is 1. The summed E-state index contributed by atoms with van der Waals surface area (Å²) in [6, 6.07) is 13.8. The first-order chi connectivity index (χ1) is 18.1. The summed E-state index contributed by atoms with van der Waals surface area (Å²) in [5, 5.41) is 4.65. The summed E-state index contributed by atoms with van der Waals surface area (Å²) < 4.78 is 4.41. The molecular weight excluding hydrogens is 522 g/mol. The van der Waals surface area contributed by atoms with Gasteiger partial charge in [0, 0.05) is 51.0 Å². The second-order valence-electron chi connectivity index (χ2n) is 9.75. The maximum atomic E-state index is 13.3. The van der Waals surface area contributed by atoms with Gasteiger partial charge in [0.2, 0.25) is 5.95 Å². The molecule has 0 atom stereocenters. The Morgan fingerprint density at radius 2 is 1.66 bits per heavy atom. The first-order valence-electron chi connectivity index (χ1n) is 12.4. The van der Waals surface area contributed by atoms with Crippen LogP contribution in [0.25, 0.3) is 11.2 Å². The predicted molar refractivity (Wildman–Crippen MR) is 157 cm³/mol. The van der Waals surface area contributed by atoms with Gasteiger partial charge in [-0.1, -0.05) is 35.9 Å². The van der Waals surface area contributed by atoms with Crippen molar-refractivity contribution in [1.29, 1.82) is 0 Å². The number of rotatable bonds is 4. The van der Waals surface area contributed by atoms with E-state index < -0.39 is 5.69 Å². The van der Waals surface area contributed by atoms with Gasteiger partial charge in [-0.3, -0.25) is 18.5 Å². The minimum absolute atomic E-state index is 0.353. The zero-order valence-corrected chi connectivity index (χ0v) is 23.4. The molecule has 0 aliphatic carbocycles. The molecule has 1 saturated heterocycles. The number of thiocarbonyl (C=S) groups is 1. The summed E-state index contributed by atoms with van der Waals surface area (Å²) in [7, 11) is 3.12. The molecule has 198 valence electrons. The smallest absolute Gasteiger partial charge is 0.332 e. The lowest BCUT2D eigenvalue weighted by Crippen LogP contribution is -2.50. The van der Waals surface area contributed by atoms with E-state index in [-0.39, 0.29) is 5.56 Å². The molecule has 0 saturated carbocycles. The molecule has 0 spiro atoms. The van der Waals surface area contributed by atoms with E-state index in [0.29, 0.717) is 60.0 Å². The van der Waals surface area contributed by atoms with E-state index in [4.69, 9.17) is 28.8 Å². The Balaban J connectivity index is 1.45. The molecule has 0 radical (unpaired) electrons. The van der Waals surface area contributed by atoms with Crippen LogP contribution in [-0.4, -0.2) is 54.9 Å². The number of aromatic nitrogens is 4. The number of halogens is 1. The monoisotopic (exact) mass is 551 g/mol. The van der Waals surface area contributed by atoms with E-state index in [1.54, 1.807) is 7.05 Å². The molecule has 0 amide bonds. The fraction of sp³-hybridized carbons (Fsp3) is 0.333. The number of nitrogens with zero attached hydrogens (tertiary/aromatic N) is 6. The second kappa shape index (κ2) is 10.3. The molecule has 1 aliphatic heterocycles. The Bertz CT molecular complexity index is 1640. The van der Waals surface area contributed by atoms with Crippen LogP contribution in [0, 0.1) is 13.8 Å². The van der Waals surface area contributed by atoms with Crippen molar-refractivity contribution in [1.82, 2.24) is 23.6 Å². The quantitative estimate of drug-likeness (QED) is 0.390. The van der Waals surface area contributed by atoms with Crippen molar-refractivity contribution in [3.63, 3.8) is 0 Å². The minimum Gasteiger partial charge on any atom is -0.345 e. The van der Waals surface area contributed by atoms with E-state index in [1.807, 2.05) is 28.8 Å². The molecule has 0 bridgehead atoms. The van der Waals surface area contributed by atoms with Crippen LogP contribution in [0.3, 0.4) is 0 Å². The summed E-state index contributed by atoms with van der Waals surface area (Å²) in [6.07, 6.45) is 0. The highest BCUT2D eigenvalue weighted by Gasteiger charge is 2.27. The van der Waals surface area contributed by atoms with Gasteiger partial charge in [0.25, 0.3) is 5.56 Å². The van der Waals surface area contributed by atoms with Crippen molar-refractivity contribution >= 4 is 51.7 Å². The highest BCUT2D eigenvalue weighted by Crippen LogP contribution is 2.25. The van der Waals surface area contributed by atoms with Crippen LogP contribution < -0.4 is 21.5 Å². The summed E-state index contributed by atoms with van der Waals surface area (Å²) >= 11 is 12.2. The molecule has 2 aromatic heterocycles. The van der Waals surface area contributed by atoms with Crippen molar-refractivity contribution in [3.8, 4) is 0 Å². The van der Waals surface area contributed by atoms with Crippen LogP contribution in [0.2, 0.25) is 5.02 Å². The molecule has 11 heteroatoms. The van der Waals surface area contributed by atoms with E-state index in [1.165, 1.54) is 22.7 Å². The summed E-state index contributed by atoms with van der Waals surface area (Å²) in [4.78, 5) is 35.0. The third-order valence-corrected chi connectivity index (χ3v) is 7.67. The SMILES string of the molecule is Cc1cc(C)cc(NC(=S)N2CCN(c3nc4c(c(=O)n(C)c(=O)n4C)n3Cc3ccccc3Cl)CC2)c1. The van der Waals surface area contributed by atoms with Gasteiger partial charge in [-0.05, 0) is 61.0 Å². The maximum Gasteiger partial charge on any atom is 0.332 e. The molecule has 5 rings (SSSR count). The average molecular weight is 552 g/mol. The average Bonchev–Trinajstić information content (AvgIpc) is 3.26. The molecule has 3 heterocycles. The predicted octanol–water partition coefficient (Wildman–Crippen LogP) is 3.27. The van der Waals surface area contributed by atoms with Crippen molar-refractivity contribution in [3.05, 3.63) is 85.0 Å². The minimum atomic E-state index is -0.413.